The van der Waals surface area contributed by atoms with Crippen molar-refractivity contribution in [3.05, 3.63) is 57.9 Å². The smallest absolute Gasteiger partial charge is 0.248 e. The van der Waals surface area contributed by atoms with Crippen molar-refractivity contribution >= 4 is 0 Å². The summed E-state index contributed by atoms with van der Waals surface area (Å²) >= 11 is 0. The molecular formula is C14H16N2O2. The van der Waals surface area contributed by atoms with Crippen LogP contribution < -0.4 is 10.9 Å². The van der Waals surface area contributed by atoms with Gasteiger partial charge in [-0.1, -0.05) is 6.07 Å². The molecule has 0 radical (unpaired) electrons. The van der Waals surface area contributed by atoms with Gasteiger partial charge in [0, 0.05) is 17.8 Å². The fraction of sp³-hybridized carbons (Fsp3) is 0.357. The normalized spacial score (nSPS) is 18.6. The predicted molar refractivity (Wildman–Crippen MR) is 68.3 cm³/mol. The number of fused-ring (bicyclic) bond motifs is 1. The van der Waals surface area contributed by atoms with E-state index in [-0.39, 0.29) is 5.56 Å². The zero-order valence-electron chi connectivity index (χ0n) is 10.1. The number of H-pyrrole nitrogens is 1. The van der Waals surface area contributed by atoms with Gasteiger partial charge < -0.3 is 14.7 Å². The Morgan fingerprint density at radius 1 is 1.39 bits per heavy atom. The van der Waals surface area contributed by atoms with Gasteiger partial charge in [-0.3, -0.25) is 4.79 Å². The van der Waals surface area contributed by atoms with E-state index in [1.807, 2.05) is 18.2 Å². The van der Waals surface area contributed by atoms with Crippen molar-refractivity contribution in [2.45, 2.75) is 31.8 Å². The van der Waals surface area contributed by atoms with Crippen molar-refractivity contribution in [1.29, 1.82) is 0 Å². The first-order valence-corrected chi connectivity index (χ1v) is 6.31. The number of furan rings is 1. The zero-order chi connectivity index (χ0) is 12.4. The van der Waals surface area contributed by atoms with E-state index in [0.29, 0.717) is 6.04 Å². The molecule has 2 aromatic rings. The maximum atomic E-state index is 11.3. The summed E-state index contributed by atoms with van der Waals surface area (Å²) in [6.45, 7) is 0.718. The molecule has 0 saturated heterocycles. The number of rotatable bonds is 3. The highest BCUT2D eigenvalue weighted by atomic mass is 16.3. The Hall–Kier alpha value is -1.81. The number of nitrogens with one attached hydrogen (secondary N) is 2. The number of hydrogen-bond donors (Lipinski definition) is 2. The van der Waals surface area contributed by atoms with Crippen LogP contribution in [0, 0.1) is 0 Å². The van der Waals surface area contributed by atoms with Crippen molar-refractivity contribution in [3.63, 3.8) is 0 Å². The maximum absolute atomic E-state index is 11.3. The summed E-state index contributed by atoms with van der Waals surface area (Å²) in [5.74, 6) is 0.937. The van der Waals surface area contributed by atoms with Crippen LogP contribution in [0.2, 0.25) is 0 Å². The molecule has 0 saturated carbocycles. The van der Waals surface area contributed by atoms with Gasteiger partial charge in [0.15, 0.2) is 0 Å². The first-order chi connectivity index (χ1) is 8.83. The minimum absolute atomic E-state index is 0.0135. The van der Waals surface area contributed by atoms with Crippen molar-refractivity contribution in [3.8, 4) is 0 Å². The second kappa shape index (κ2) is 4.82. The van der Waals surface area contributed by atoms with Crippen LogP contribution in [0.3, 0.4) is 0 Å². The van der Waals surface area contributed by atoms with E-state index in [1.165, 1.54) is 5.56 Å². The summed E-state index contributed by atoms with van der Waals surface area (Å²) in [6, 6.07) is 7.70. The Morgan fingerprint density at radius 2 is 2.33 bits per heavy atom. The summed E-state index contributed by atoms with van der Waals surface area (Å²) in [6.07, 6.45) is 4.84. The molecular weight excluding hydrogens is 228 g/mol. The molecule has 2 heterocycles. The second-order valence-corrected chi connectivity index (χ2v) is 4.66. The fourth-order valence-electron chi connectivity index (χ4n) is 2.55. The molecule has 0 amide bonds. The zero-order valence-corrected chi connectivity index (χ0v) is 10.1. The highest BCUT2D eigenvalue weighted by Gasteiger charge is 2.20. The topological polar surface area (TPSA) is 58.0 Å². The summed E-state index contributed by atoms with van der Waals surface area (Å²) in [5, 5.41) is 3.48. The molecule has 3 rings (SSSR count). The van der Waals surface area contributed by atoms with Crippen molar-refractivity contribution < 1.29 is 4.42 Å². The second-order valence-electron chi connectivity index (χ2n) is 4.66. The number of aryl methyl sites for hydroxylation is 1. The van der Waals surface area contributed by atoms with E-state index in [2.05, 4.69) is 10.3 Å². The largest absolute Gasteiger partial charge is 0.468 e. The van der Waals surface area contributed by atoms with Crippen LogP contribution in [0.25, 0.3) is 0 Å². The first-order valence-electron chi connectivity index (χ1n) is 6.31. The lowest BCUT2D eigenvalue weighted by molar-refractivity contribution is 0.414. The minimum atomic E-state index is -0.0135. The van der Waals surface area contributed by atoms with Gasteiger partial charge in [0.25, 0.3) is 0 Å². The molecule has 1 unspecified atom stereocenters. The SMILES string of the molecule is O=c1ccc2c([nH]1)CCCC2NCc1ccco1. The minimum Gasteiger partial charge on any atom is -0.468 e. The molecule has 0 aliphatic heterocycles. The summed E-state index contributed by atoms with van der Waals surface area (Å²) in [5.41, 5.74) is 2.28. The van der Waals surface area contributed by atoms with Gasteiger partial charge in [0.1, 0.15) is 5.76 Å². The van der Waals surface area contributed by atoms with Crippen LogP contribution in [-0.4, -0.2) is 4.98 Å². The van der Waals surface area contributed by atoms with Crippen molar-refractivity contribution in [2.24, 2.45) is 0 Å². The lowest BCUT2D eigenvalue weighted by Gasteiger charge is -2.25. The lowest BCUT2D eigenvalue weighted by atomic mass is 9.91. The molecule has 94 valence electrons. The van der Waals surface area contributed by atoms with Gasteiger partial charge in [0.05, 0.1) is 12.8 Å². The van der Waals surface area contributed by atoms with E-state index in [4.69, 9.17) is 4.42 Å². The van der Waals surface area contributed by atoms with Crippen LogP contribution in [-0.2, 0) is 13.0 Å². The van der Waals surface area contributed by atoms with E-state index >= 15 is 0 Å². The summed E-state index contributed by atoms with van der Waals surface area (Å²) < 4.78 is 5.31. The van der Waals surface area contributed by atoms with Crippen LogP contribution in [0.4, 0.5) is 0 Å². The van der Waals surface area contributed by atoms with Gasteiger partial charge in [-0.15, -0.1) is 0 Å². The van der Waals surface area contributed by atoms with E-state index in [1.54, 1.807) is 12.3 Å². The maximum Gasteiger partial charge on any atom is 0.248 e. The van der Waals surface area contributed by atoms with Crippen molar-refractivity contribution in [2.75, 3.05) is 0 Å². The fourth-order valence-corrected chi connectivity index (χ4v) is 2.55. The number of aromatic amines is 1. The van der Waals surface area contributed by atoms with Gasteiger partial charge >= 0.3 is 0 Å². The van der Waals surface area contributed by atoms with Gasteiger partial charge in [0.2, 0.25) is 5.56 Å². The molecule has 0 bridgehead atoms. The van der Waals surface area contributed by atoms with Gasteiger partial charge in [-0.25, -0.2) is 0 Å². The molecule has 2 N–H and O–H groups in total. The van der Waals surface area contributed by atoms with Crippen LogP contribution in [0.15, 0.2) is 39.7 Å². The molecule has 4 heteroatoms. The molecule has 1 aliphatic rings. The first kappa shape index (κ1) is 11.3. The lowest BCUT2D eigenvalue weighted by Crippen LogP contribution is -2.26. The molecule has 0 fully saturated rings. The number of aromatic nitrogens is 1. The molecule has 1 atom stereocenters. The Morgan fingerprint density at radius 3 is 3.17 bits per heavy atom. The highest BCUT2D eigenvalue weighted by molar-refractivity contribution is 5.26. The average molecular weight is 244 g/mol. The van der Waals surface area contributed by atoms with E-state index in [0.717, 1.165) is 37.3 Å². The molecule has 2 aromatic heterocycles. The van der Waals surface area contributed by atoms with Crippen LogP contribution >= 0.6 is 0 Å². The highest BCUT2D eigenvalue weighted by Crippen LogP contribution is 2.27. The third kappa shape index (κ3) is 2.24. The Kier molecular flexibility index (Phi) is 3.02. The molecule has 0 aromatic carbocycles. The van der Waals surface area contributed by atoms with Gasteiger partial charge in [-0.2, -0.15) is 0 Å². The average Bonchev–Trinajstić information content (AvgIpc) is 2.89. The third-order valence-electron chi connectivity index (χ3n) is 3.43. The van der Waals surface area contributed by atoms with E-state index < -0.39 is 0 Å². The van der Waals surface area contributed by atoms with Crippen LogP contribution in [0.5, 0.6) is 0 Å². The third-order valence-corrected chi connectivity index (χ3v) is 3.43. The number of pyridine rings is 1. The summed E-state index contributed by atoms with van der Waals surface area (Å²) in [4.78, 5) is 14.2. The summed E-state index contributed by atoms with van der Waals surface area (Å²) in [7, 11) is 0. The quantitative estimate of drug-likeness (QED) is 0.869. The Labute approximate surface area is 105 Å². The molecule has 4 nitrogen and oxygen atoms in total. The van der Waals surface area contributed by atoms with Crippen LogP contribution in [0.1, 0.15) is 35.9 Å². The molecule has 1 aliphatic carbocycles. The molecule has 0 spiro atoms. The van der Waals surface area contributed by atoms with Gasteiger partial charge in [-0.05, 0) is 37.0 Å². The standard InChI is InChI=1S/C14H16N2O2/c17-14-7-6-11-12(4-1-5-13(11)16-14)15-9-10-3-2-8-18-10/h2-3,6-8,12,15H,1,4-5,9H2,(H,16,17). The Balaban J connectivity index is 1.77. The number of hydrogen-bond acceptors (Lipinski definition) is 3. The monoisotopic (exact) mass is 244 g/mol. The predicted octanol–water partition coefficient (Wildman–Crippen LogP) is 2.14. The van der Waals surface area contributed by atoms with Crippen molar-refractivity contribution in [1.82, 2.24) is 10.3 Å². The molecule has 18 heavy (non-hydrogen) atoms. The van der Waals surface area contributed by atoms with E-state index in [9.17, 15) is 4.79 Å². The Bertz CT molecular complexity index is 572.